The molecule has 0 fully saturated rings. The van der Waals surface area contributed by atoms with Crippen LogP contribution in [0, 0.1) is 0 Å². The third-order valence-electron chi connectivity index (χ3n) is 3.81. The zero-order chi connectivity index (χ0) is 21.4. The molecule has 0 aliphatic carbocycles. The highest BCUT2D eigenvalue weighted by atomic mass is 32.2. The van der Waals surface area contributed by atoms with Crippen molar-refractivity contribution in [2.24, 2.45) is 0 Å². The molecule has 0 unspecified atom stereocenters. The normalized spacial score (nSPS) is 12.2. The van der Waals surface area contributed by atoms with Crippen LogP contribution in [0.1, 0.15) is 20.7 Å². The van der Waals surface area contributed by atoms with E-state index in [1.165, 1.54) is 6.07 Å². The van der Waals surface area contributed by atoms with E-state index in [1.807, 2.05) is 0 Å². The van der Waals surface area contributed by atoms with E-state index in [2.05, 4.69) is 4.98 Å². The first-order chi connectivity index (χ1) is 13.5. The van der Waals surface area contributed by atoms with E-state index in [0.717, 1.165) is 24.0 Å². The van der Waals surface area contributed by atoms with Gasteiger partial charge in [-0.15, -0.1) is 0 Å². The van der Waals surface area contributed by atoms with E-state index in [9.17, 15) is 35.9 Å². The number of halogens is 6. The van der Waals surface area contributed by atoms with Crippen LogP contribution in [0.3, 0.4) is 0 Å². The Morgan fingerprint density at radius 3 is 1.97 bits per heavy atom. The van der Waals surface area contributed by atoms with Gasteiger partial charge in [-0.05, 0) is 24.3 Å². The maximum atomic E-state index is 13.1. The van der Waals surface area contributed by atoms with Crippen LogP contribution in [0.25, 0.3) is 10.9 Å². The fourth-order valence-corrected chi connectivity index (χ4v) is 3.64. The maximum absolute atomic E-state index is 13.1. The Morgan fingerprint density at radius 2 is 1.38 bits per heavy atom. The molecule has 0 spiro atoms. The molecule has 0 aliphatic heterocycles. The van der Waals surface area contributed by atoms with Gasteiger partial charge in [0.1, 0.15) is 0 Å². The van der Waals surface area contributed by atoms with E-state index in [-0.39, 0.29) is 15.8 Å². The van der Waals surface area contributed by atoms with Gasteiger partial charge < -0.3 is 0 Å². The van der Waals surface area contributed by atoms with Gasteiger partial charge in [-0.2, -0.15) is 26.3 Å². The molecule has 3 nitrogen and oxygen atoms in total. The third-order valence-corrected chi connectivity index (χ3v) is 4.94. The molecule has 3 aromatic rings. The summed E-state index contributed by atoms with van der Waals surface area (Å²) in [5.41, 5.74) is -2.43. The van der Waals surface area contributed by atoms with Gasteiger partial charge in [-0.1, -0.05) is 36.0 Å². The van der Waals surface area contributed by atoms with Crippen molar-refractivity contribution in [3.05, 3.63) is 65.9 Å². The molecule has 3 rings (SSSR count). The Balaban J connectivity index is 2.35. The van der Waals surface area contributed by atoms with Crippen molar-refractivity contribution >= 4 is 34.2 Å². The number of carbonyl (C=O) groups is 2. The second kappa shape index (κ2) is 7.51. The van der Waals surface area contributed by atoms with Crippen molar-refractivity contribution in [3.63, 3.8) is 0 Å². The van der Waals surface area contributed by atoms with E-state index >= 15 is 0 Å². The van der Waals surface area contributed by atoms with Crippen molar-refractivity contribution in [1.82, 2.24) is 4.98 Å². The molecule has 0 atom stereocenters. The molecular formula is C19H9F6NO2S. The van der Waals surface area contributed by atoms with Gasteiger partial charge >= 0.3 is 12.4 Å². The number of hydrogen-bond acceptors (Lipinski definition) is 4. The van der Waals surface area contributed by atoms with Crippen LogP contribution in [-0.2, 0) is 0 Å². The molecule has 1 heterocycles. The van der Waals surface area contributed by atoms with Crippen molar-refractivity contribution in [1.29, 1.82) is 0 Å². The van der Waals surface area contributed by atoms with Crippen LogP contribution in [0.15, 0.2) is 64.5 Å². The molecule has 0 amide bonds. The Bertz CT molecular complexity index is 1090. The molecule has 0 bridgehead atoms. The average Bonchev–Trinajstić information content (AvgIpc) is 2.66. The van der Waals surface area contributed by atoms with Crippen LogP contribution < -0.4 is 0 Å². The number of ketones is 2. The summed E-state index contributed by atoms with van der Waals surface area (Å²) in [4.78, 5) is 27.8. The van der Waals surface area contributed by atoms with E-state index < -0.39 is 35.0 Å². The second-order valence-electron chi connectivity index (χ2n) is 5.77. The molecule has 1 aromatic heterocycles. The zero-order valence-electron chi connectivity index (χ0n) is 14.1. The van der Waals surface area contributed by atoms with Crippen molar-refractivity contribution in [2.45, 2.75) is 22.1 Å². The van der Waals surface area contributed by atoms with E-state index in [0.29, 0.717) is 11.0 Å². The topological polar surface area (TPSA) is 47.0 Å². The lowest BCUT2D eigenvalue weighted by atomic mass is 9.98. The Labute approximate surface area is 163 Å². The fraction of sp³-hybridized carbons (Fsp3) is 0.105. The number of pyridine rings is 1. The number of hydrogen-bond donors (Lipinski definition) is 0. The number of benzene rings is 2. The van der Waals surface area contributed by atoms with Crippen LogP contribution >= 0.6 is 11.8 Å². The van der Waals surface area contributed by atoms with E-state index in [4.69, 9.17) is 0 Å². The zero-order valence-corrected chi connectivity index (χ0v) is 15.0. The number of carbonyl (C=O) groups excluding carboxylic acids is 2. The van der Waals surface area contributed by atoms with Gasteiger partial charge in [0.15, 0.2) is 0 Å². The predicted molar refractivity (Wildman–Crippen MR) is 93.1 cm³/mol. The number of nitrogens with zero attached hydrogens (tertiary/aromatic N) is 1. The molecule has 0 aliphatic rings. The number of aromatic nitrogens is 1. The first kappa shape index (κ1) is 20.8. The van der Waals surface area contributed by atoms with Gasteiger partial charge in [0.25, 0.3) is 11.6 Å². The molecule has 0 radical (unpaired) electrons. The smallest absolute Gasteiger partial charge is 0.284 e. The number of Topliss-reactive ketones (excluding diaryl/α,β-unsaturated/α-hetero) is 2. The highest BCUT2D eigenvalue weighted by molar-refractivity contribution is 7.99. The highest BCUT2D eigenvalue weighted by Crippen LogP contribution is 2.40. The number of alkyl halides is 6. The van der Waals surface area contributed by atoms with Gasteiger partial charge in [0, 0.05) is 32.5 Å². The fourth-order valence-electron chi connectivity index (χ4n) is 2.59. The lowest BCUT2D eigenvalue weighted by Gasteiger charge is -2.16. The molecule has 0 saturated carbocycles. The quantitative estimate of drug-likeness (QED) is 0.384. The Hall–Kier alpha value is -2.88. The molecule has 0 N–H and O–H groups in total. The summed E-state index contributed by atoms with van der Waals surface area (Å²) in [6, 6.07) is 10.7. The summed E-state index contributed by atoms with van der Waals surface area (Å²) in [5.74, 6) is -4.72. The highest BCUT2D eigenvalue weighted by Gasteiger charge is 2.44. The summed E-state index contributed by atoms with van der Waals surface area (Å²) in [7, 11) is 0. The van der Waals surface area contributed by atoms with Gasteiger partial charge in [0.2, 0.25) is 0 Å². The molecular weight excluding hydrogens is 420 g/mol. The average molecular weight is 429 g/mol. The minimum Gasteiger partial charge on any atom is -0.284 e. The monoisotopic (exact) mass is 429 g/mol. The Morgan fingerprint density at radius 1 is 0.793 bits per heavy atom. The summed E-state index contributed by atoms with van der Waals surface area (Å²) >= 11 is 0.740. The first-order valence-electron chi connectivity index (χ1n) is 7.88. The predicted octanol–water partition coefficient (Wildman–Crippen LogP) is 5.88. The Kier molecular flexibility index (Phi) is 5.40. The first-order valence-corrected chi connectivity index (χ1v) is 8.69. The summed E-state index contributed by atoms with van der Waals surface area (Å²) < 4.78 is 78.4. The minimum atomic E-state index is -5.35. The number of fused-ring (bicyclic) bond motifs is 1. The molecule has 2 aromatic carbocycles. The summed E-state index contributed by atoms with van der Waals surface area (Å²) in [6.07, 6.45) is -9.54. The van der Waals surface area contributed by atoms with Crippen LogP contribution in [0.4, 0.5) is 26.3 Å². The van der Waals surface area contributed by atoms with Crippen LogP contribution in [-0.4, -0.2) is 28.9 Å². The van der Waals surface area contributed by atoms with Gasteiger partial charge in [0.05, 0.1) is 5.52 Å². The van der Waals surface area contributed by atoms with Gasteiger partial charge in [-0.3, -0.25) is 14.6 Å². The molecule has 10 heteroatoms. The van der Waals surface area contributed by atoms with Crippen molar-refractivity contribution in [3.8, 4) is 0 Å². The second-order valence-corrected chi connectivity index (χ2v) is 6.85. The third kappa shape index (κ3) is 4.26. The van der Waals surface area contributed by atoms with Gasteiger partial charge in [-0.25, -0.2) is 0 Å². The number of rotatable bonds is 4. The standard InChI is InChI=1S/C19H9F6NO2S/c20-18(21,22)16(27)12-9-13(17(28)19(23,24)25)15(14-11(12)7-4-8-26-14)29-10-5-2-1-3-6-10/h1-9H. The molecule has 150 valence electrons. The van der Waals surface area contributed by atoms with Crippen LogP contribution in [0.5, 0.6) is 0 Å². The summed E-state index contributed by atoms with van der Waals surface area (Å²) in [6.45, 7) is 0. The maximum Gasteiger partial charge on any atom is 0.454 e. The lowest BCUT2D eigenvalue weighted by molar-refractivity contribution is -0.0888. The SMILES string of the molecule is O=C(c1cc(C(=O)C(F)(F)F)c2cccnc2c1Sc1ccccc1)C(F)(F)F. The van der Waals surface area contributed by atoms with Crippen molar-refractivity contribution < 1.29 is 35.9 Å². The lowest BCUT2D eigenvalue weighted by Crippen LogP contribution is -2.26. The minimum absolute atomic E-state index is 0.284. The molecule has 29 heavy (non-hydrogen) atoms. The van der Waals surface area contributed by atoms with Crippen molar-refractivity contribution in [2.75, 3.05) is 0 Å². The van der Waals surface area contributed by atoms with Crippen LogP contribution in [0.2, 0.25) is 0 Å². The largest absolute Gasteiger partial charge is 0.454 e. The van der Waals surface area contributed by atoms with E-state index in [1.54, 1.807) is 30.3 Å². The summed E-state index contributed by atoms with van der Waals surface area (Å²) in [5, 5.41) is -0.299. The molecule has 0 saturated heterocycles.